The SMILES string of the molecule is CC1=C(C#N)C(c2ccccc2Cl)C(C(=O)O)=C(CS(=O)c2ccncc2)N1. The molecule has 1 aromatic carbocycles. The Morgan fingerprint density at radius 2 is 2.00 bits per heavy atom. The molecule has 1 aromatic heterocycles. The second-order valence-corrected chi connectivity index (χ2v) is 7.96. The lowest BCUT2D eigenvalue weighted by molar-refractivity contribution is -0.133. The summed E-state index contributed by atoms with van der Waals surface area (Å²) in [6.45, 7) is 1.69. The first-order valence-electron chi connectivity index (χ1n) is 8.31. The molecule has 2 heterocycles. The topological polar surface area (TPSA) is 103 Å². The Morgan fingerprint density at radius 3 is 2.61 bits per heavy atom. The Balaban J connectivity index is 2.13. The highest BCUT2D eigenvalue weighted by Crippen LogP contribution is 2.40. The predicted octanol–water partition coefficient (Wildman–Crippen LogP) is 3.37. The molecule has 3 rings (SSSR count). The number of pyridine rings is 1. The maximum atomic E-state index is 12.8. The molecule has 8 heteroatoms. The van der Waals surface area contributed by atoms with E-state index in [1.54, 1.807) is 43.3 Å². The first-order chi connectivity index (χ1) is 13.4. The van der Waals surface area contributed by atoms with Gasteiger partial charge in [0.15, 0.2) is 0 Å². The van der Waals surface area contributed by atoms with Gasteiger partial charge in [-0.15, -0.1) is 0 Å². The number of aliphatic carboxylic acids is 1. The number of nitrogens with zero attached hydrogens (tertiary/aromatic N) is 2. The van der Waals surface area contributed by atoms with Crippen molar-refractivity contribution in [2.45, 2.75) is 17.7 Å². The highest BCUT2D eigenvalue weighted by molar-refractivity contribution is 7.85. The summed E-state index contributed by atoms with van der Waals surface area (Å²) >= 11 is 6.31. The second-order valence-electron chi connectivity index (χ2n) is 6.10. The molecule has 1 aliphatic rings. The number of benzene rings is 1. The molecule has 142 valence electrons. The number of hydrogen-bond acceptors (Lipinski definition) is 5. The molecule has 0 spiro atoms. The van der Waals surface area contributed by atoms with E-state index in [1.807, 2.05) is 0 Å². The zero-order valence-corrected chi connectivity index (χ0v) is 16.4. The van der Waals surface area contributed by atoms with Crippen LogP contribution in [0, 0.1) is 11.3 Å². The molecule has 0 fully saturated rings. The lowest BCUT2D eigenvalue weighted by atomic mass is 9.81. The molecular formula is C20H16ClN3O3S. The van der Waals surface area contributed by atoms with Gasteiger partial charge >= 0.3 is 5.97 Å². The van der Waals surface area contributed by atoms with Gasteiger partial charge < -0.3 is 10.4 Å². The Hall–Kier alpha value is -2.95. The van der Waals surface area contributed by atoms with Crippen LogP contribution in [-0.2, 0) is 15.6 Å². The van der Waals surface area contributed by atoms with Crippen molar-refractivity contribution < 1.29 is 14.1 Å². The van der Waals surface area contributed by atoms with E-state index in [-0.39, 0.29) is 16.9 Å². The molecular weight excluding hydrogens is 398 g/mol. The largest absolute Gasteiger partial charge is 0.478 e. The van der Waals surface area contributed by atoms with Crippen LogP contribution in [0.5, 0.6) is 0 Å². The zero-order chi connectivity index (χ0) is 20.3. The average molecular weight is 414 g/mol. The summed E-state index contributed by atoms with van der Waals surface area (Å²) in [7, 11) is -1.49. The van der Waals surface area contributed by atoms with Gasteiger partial charge in [-0.2, -0.15) is 5.26 Å². The number of allylic oxidation sites excluding steroid dienone is 2. The molecule has 0 saturated heterocycles. The van der Waals surface area contributed by atoms with Crippen LogP contribution < -0.4 is 5.32 Å². The van der Waals surface area contributed by atoms with E-state index in [2.05, 4.69) is 16.4 Å². The standard InChI is InChI=1S/C20H16ClN3O3S/c1-12-15(10-22)18(14-4-2-3-5-16(14)21)19(20(25)26)17(24-12)11-28(27)13-6-8-23-9-7-13/h2-9,18,24H,11H2,1H3,(H,25,26). The van der Waals surface area contributed by atoms with Gasteiger partial charge in [0.1, 0.15) is 0 Å². The molecule has 2 N–H and O–H groups in total. The third-order valence-corrected chi connectivity index (χ3v) is 6.09. The number of halogens is 1. The van der Waals surface area contributed by atoms with Crippen molar-refractivity contribution in [2.24, 2.45) is 0 Å². The summed E-state index contributed by atoms with van der Waals surface area (Å²) in [5, 5.41) is 22.9. The Labute approximate surface area is 169 Å². The van der Waals surface area contributed by atoms with Crippen LogP contribution in [0.3, 0.4) is 0 Å². The minimum Gasteiger partial charge on any atom is -0.478 e. The number of nitrogens with one attached hydrogen (secondary N) is 1. The van der Waals surface area contributed by atoms with Crippen LogP contribution in [0.15, 0.2) is 76.2 Å². The molecule has 6 nitrogen and oxygen atoms in total. The maximum absolute atomic E-state index is 12.8. The Bertz CT molecular complexity index is 1060. The number of nitriles is 1. The molecule has 0 radical (unpaired) electrons. The molecule has 28 heavy (non-hydrogen) atoms. The van der Waals surface area contributed by atoms with E-state index in [0.717, 1.165) is 0 Å². The van der Waals surface area contributed by atoms with E-state index in [4.69, 9.17) is 11.6 Å². The van der Waals surface area contributed by atoms with Gasteiger partial charge in [0.2, 0.25) is 0 Å². The highest BCUT2D eigenvalue weighted by Gasteiger charge is 2.36. The van der Waals surface area contributed by atoms with Crippen LogP contribution in [0.2, 0.25) is 5.02 Å². The normalized spacial score (nSPS) is 17.7. The summed E-state index contributed by atoms with van der Waals surface area (Å²) in [5.74, 6) is -2.08. The first-order valence-corrected chi connectivity index (χ1v) is 10.0. The minimum atomic E-state index is -1.49. The summed E-state index contributed by atoms with van der Waals surface area (Å²) in [6.07, 6.45) is 3.05. The molecule has 2 aromatic rings. The zero-order valence-electron chi connectivity index (χ0n) is 14.8. The fourth-order valence-electron chi connectivity index (χ4n) is 3.14. The fourth-order valence-corrected chi connectivity index (χ4v) is 4.46. The number of dihydropyridines is 1. The molecule has 2 unspecified atom stereocenters. The lowest BCUT2D eigenvalue weighted by Crippen LogP contribution is -2.31. The molecule has 0 amide bonds. The van der Waals surface area contributed by atoms with E-state index >= 15 is 0 Å². The molecule has 0 bridgehead atoms. The van der Waals surface area contributed by atoms with Gasteiger partial charge in [0.05, 0.1) is 39.7 Å². The number of rotatable bonds is 5. The Kier molecular flexibility index (Phi) is 5.93. The third-order valence-electron chi connectivity index (χ3n) is 4.40. The minimum absolute atomic E-state index is 0.0299. The predicted molar refractivity (Wildman–Crippen MR) is 106 cm³/mol. The first kappa shape index (κ1) is 19.8. The molecule has 1 aliphatic heterocycles. The van der Waals surface area contributed by atoms with Crippen molar-refractivity contribution >= 4 is 28.4 Å². The van der Waals surface area contributed by atoms with Crippen molar-refractivity contribution in [3.63, 3.8) is 0 Å². The van der Waals surface area contributed by atoms with Crippen molar-refractivity contribution in [3.05, 3.63) is 81.9 Å². The summed E-state index contributed by atoms with van der Waals surface area (Å²) in [5.41, 5.74) is 1.57. The van der Waals surface area contributed by atoms with Gasteiger partial charge in [-0.1, -0.05) is 29.8 Å². The van der Waals surface area contributed by atoms with E-state index < -0.39 is 22.7 Å². The number of carbonyl (C=O) groups is 1. The van der Waals surface area contributed by atoms with Crippen molar-refractivity contribution in [1.82, 2.24) is 10.3 Å². The number of carboxylic acids is 1. The fraction of sp³-hybridized carbons (Fsp3) is 0.150. The van der Waals surface area contributed by atoms with Crippen molar-refractivity contribution in [1.29, 1.82) is 5.26 Å². The van der Waals surface area contributed by atoms with Crippen LogP contribution in [0.25, 0.3) is 0 Å². The van der Waals surface area contributed by atoms with E-state index in [0.29, 0.717) is 26.9 Å². The van der Waals surface area contributed by atoms with Gasteiger partial charge in [-0.3, -0.25) is 9.19 Å². The van der Waals surface area contributed by atoms with E-state index in [1.165, 1.54) is 12.4 Å². The molecule has 0 saturated carbocycles. The average Bonchev–Trinajstić information content (AvgIpc) is 2.68. The monoisotopic (exact) mass is 413 g/mol. The highest BCUT2D eigenvalue weighted by atomic mass is 35.5. The van der Waals surface area contributed by atoms with Crippen LogP contribution in [-0.4, -0.2) is 26.0 Å². The van der Waals surface area contributed by atoms with Crippen molar-refractivity contribution in [2.75, 3.05) is 5.75 Å². The number of carboxylic acid groups (broad SMARTS) is 1. The van der Waals surface area contributed by atoms with Gasteiger partial charge in [0, 0.05) is 33.7 Å². The quantitative estimate of drug-likeness (QED) is 0.778. The van der Waals surface area contributed by atoms with Gasteiger partial charge in [0.25, 0.3) is 0 Å². The van der Waals surface area contributed by atoms with Crippen LogP contribution >= 0.6 is 11.6 Å². The summed E-state index contributed by atoms with van der Waals surface area (Å²) in [6, 6.07) is 12.2. The second kappa shape index (κ2) is 8.38. The summed E-state index contributed by atoms with van der Waals surface area (Å²) in [4.78, 5) is 16.6. The lowest BCUT2D eigenvalue weighted by Gasteiger charge is -2.29. The third kappa shape index (κ3) is 3.84. The molecule has 0 aliphatic carbocycles. The number of aromatic nitrogens is 1. The smallest absolute Gasteiger partial charge is 0.334 e. The maximum Gasteiger partial charge on any atom is 0.334 e. The number of hydrogen-bond donors (Lipinski definition) is 2. The van der Waals surface area contributed by atoms with E-state index in [9.17, 15) is 19.4 Å². The van der Waals surface area contributed by atoms with Crippen LogP contribution in [0.4, 0.5) is 0 Å². The van der Waals surface area contributed by atoms with Crippen molar-refractivity contribution in [3.8, 4) is 6.07 Å². The van der Waals surface area contributed by atoms with Gasteiger partial charge in [-0.25, -0.2) is 4.79 Å². The van der Waals surface area contributed by atoms with Gasteiger partial charge in [-0.05, 0) is 30.7 Å². The molecule has 2 atom stereocenters. The van der Waals surface area contributed by atoms with Crippen LogP contribution in [0.1, 0.15) is 18.4 Å². The Morgan fingerprint density at radius 1 is 1.32 bits per heavy atom. The summed E-state index contributed by atoms with van der Waals surface area (Å²) < 4.78 is 12.8.